The molecule has 2 amide bonds. The van der Waals surface area contributed by atoms with E-state index in [1.807, 2.05) is 6.92 Å². The molecule has 174 valence electrons. The van der Waals surface area contributed by atoms with Crippen molar-refractivity contribution < 1.29 is 18.4 Å². The molecule has 1 saturated heterocycles. The molecular weight excluding hydrogens is 529 g/mol. The summed E-state index contributed by atoms with van der Waals surface area (Å²) in [5, 5.41) is 6.34. The topological polar surface area (TPSA) is 73.8 Å². The van der Waals surface area contributed by atoms with Crippen LogP contribution in [0.3, 0.4) is 0 Å². The monoisotopic (exact) mass is 558 g/mol. The lowest BCUT2D eigenvalue weighted by Gasteiger charge is -2.19. The third kappa shape index (κ3) is 4.67. The maximum Gasteiger partial charge on any atom is 0.233 e. The highest BCUT2D eigenvalue weighted by Gasteiger charge is 2.58. The molecule has 5 atom stereocenters. The minimum absolute atomic E-state index is 0. The second-order valence-electron chi connectivity index (χ2n) is 8.64. The first-order valence-electron chi connectivity index (χ1n) is 10.8. The molecule has 2 fully saturated rings. The molecule has 1 aliphatic heterocycles. The van der Waals surface area contributed by atoms with Crippen LogP contribution in [0, 0.1) is 35.3 Å². The van der Waals surface area contributed by atoms with Crippen molar-refractivity contribution in [1.29, 1.82) is 0 Å². The number of rotatable bonds is 7. The number of likely N-dealkylation sites (tertiary alicyclic amines) is 1. The Bertz CT molecular complexity index is 909. The predicted molar refractivity (Wildman–Crippen MR) is 129 cm³/mol. The second kappa shape index (κ2) is 10.3. The molecule has 3 aliphatic rings. The Labute approximate surface area is 203 Å². The summed E-state index contributed by atoms with van der Waals surface area (Å²) in [4.78, 5) is 31.0. The number of allylic oxidation sites excluding steroid dienone is 2. The Hall–Kier alpha value is -2.04. The largest absolute Gasteiger partial charge is 0.356 e. The van der Waals surface area contributed by atoms with Crippen molar-refractivity contribution in [2.24, 2.45) is 28.7 Å². The summed E-state index contributed by atoms with van der Waals surface area (Å²) in [6.07, 6.45) is 5.75. The highest BCUT2D eigenvalue weighted by atomic mass is 127. The molecule has 6 nitrogen and oxygen atoms in total. The quantitative estimate of drug-likeness (QED) is 0.135. The van der Waals surface area contributed by atoms with Crippen molar-refractivity contribution in [1.82, 2.24) is 15.5 Å². The van der Waals surface area contributed by atoms with Crippen LogP contribution in [0.4, 0.5) is 8.78 Å². The second-order valence-corrected chi connectivity index (χ2v) is 8.64. The first-order chi connectivity index (χ1) is 14.9. The number of guanidine groups is 1. The summed E-state index contributed by atoms with van der Waals surface area (Å²) in [6, 6.07) is 3.91. The van der Waals surface area contributed by atoms with Crippen molar-refractivity contribution in [3.05, 3.63) is 47.5 Å². The summed E-state index contributed by atoms with van der Waals surface area (Å²) in [5.74, 6) is -1.06. The van der Waals surface area contributed by atoms with E-state index in [2.05, 4.69) is 27.8 Å². The third-order valence-electron chi connectivity index (χ3n) is 6.72. The Morgan fingerprint density at radius 3 is 2.38 bits per heavy atom. The summed E-state index contributed by atoms with van der Waals surface area (Å²) in [5.41, 5.74) is 0.696. The molecule has 0 radical (unpaired) electrons. The van der Waals surface area contributed by atoms with E-state index in [-0.39, 0.29) is 65.4 Å². The summed E-state index contributed by atoms with van der Waals surface area (Å²) in [6.45, 7) is 3.36. The number of nitrogens with zero attached hydrogens (tertiary/aromatic N) is 2. The van der Waals surface area contributed by atoms with E-state index >= 15 is 0 Å². The number of amides is 2. The van der Waals surface area contributed by atoms with E-state index in [1.54, 1.807) is 13.1 Å². The van der Waals surface area contributed by atoms with Crippen LogP contribution < -0.4 is 10.6 Å². The number of nitrogens with one attached hydrogen (secondary N) is 2. The van der Waals surface area contributed by atoms with Gasteiger partial charge in [-0.3, -0.25) is 19.5 Å². The van der Waals surface area contributed by atoms with E-state index in [4.69, 9.17) is 0 Å². The van der Waals surface area contributed by atoms with Gasteiger partial charge in [-0.15, -0.1) is 24.0 Å². The van der Waals surface area contributed by atoms with Gasteiger partial charge in [0.1, 0.15) is 0 Å². The van der Waals surface area contributed by atoms with Crippen molar-refractivity contribution in [3.63, 3.8) is 0 Å². The fourth-order valence-corrected chi connectivity index (χ4v) is 5.04. The maximum absolute atomic E-state index is 13.4. The van der Waals surface area contributed by atoms with E-state index in [9.17, 15) is 18.4 Å². The average Bonchev–Trinajstić information content (AvgIpc) is 3.44. The number of halogens is 3. The van der Waals surface area contributed by atoms with Gasteiger partial charge in [0.15, 0.2) is 17.6 Å². The zero-order valence-corrected chi connectivity index (χ0v) is 20.5. The number of fused-ring (bicyclic) bond motifs is 5. The lowest BCUT2D eigenvalue weighted by Crippen LogP contribution is -2.41. The first kappa shape index (κ1) is 24.6. The number of imide groups is 1. The van der Waals surface area contributed by atoms with E-state index in [1.165, 1.54) is 11.0 Å². The van der Waals surface area contributed by atoms with Crippen LogP contribution in [0.25, 0.3) is 0 Å². The molecule has 9 heteroatoms. The Balaban J connectivity index is 0.00000289. The molecule has 1 aromatic rings. The van der Waals surface area contributed by atoms with Gasteiger partial charge in [-0.1, -0.05) is 25.1 Å². The minimum Gasteiger partial charge on any atom is -0.356 e. The smallest absolute Gasteiger partial charge is 0.233 e. The number of aliphatic imine (C=N–C) groups is 1. The number of hydrogen-bond donors (Lipinski definition) is 2. The molecule has 0 aromatic heterocycles. The number of hydrogen-bond acceptors (Lipinski definition) is 3. The Morgan fingerprint density at radius 1 is 1.12 bits per heavy atom. The summed E-state index contributed by atoms with van der Waals surface area (Å²) in [7, 11) is 1.65. The molecule has 2 aliphatic carbocycles. The van der Waals surface area contributed by atoms with Crippen LogP contribution in [0.15, 0.2) is 35.3 Å². The predicted octanol–water partition coefficient (Wildman–Crippen LogP) is 3.05. The van der Waals surface area contributed by atoms with Gasteiger partial charge in [0.05, 0.1) is 11.8 Å². The van der Waals surface area contributed by atoms with Crippen LogP contribution in [0.1, 0.15) is 31.2 Å². The van der Waals surface area contributed by atoms with Gasteiger partial charge in [-0.2, -0.15) is 0 Å². The van der Waals surface area contributed by atoms with Gasteiger partial charge in [0.2, 0.25) is 11.8 Å². The fraction of sp³-hybridized carbons (Fsp3) is 0.522. The van der Waals surface area contributed by atoms with Gasteiger partial charge < -0.3 is 10.6 Å². The zero-order chi connectivity index (χ0) is 22.1. The van der Waals surface area contributed by atoms with E-state index in [0.29, 0.717) is 37.6 Å². The summed E-state index contributed by atoms with van der Waals surface area (Å²) < 4.78 is 26.5. The maximum atomic E-state index is 13.4. The van der Waals surface area contributed by atoms with Gasteiger partial charge in [-0.25, -0.2) is 8.78 Å². The highest BCUT2D eigenvalue weighted by Crippen LogP contribution is 2.52. The van der Waals surface area contributed by atoms with Crippen LogP contribution in [0.5, 0.6) is 0 Å². The zero-order valence-electron chi connectivity index (χ0n) is 18.2. The third-order valence-corrected chi connectivity index (χ3v) is 6.72. The van der Waals surface area contributed by atoms with Crippen LogP contribution in [-0.2, 0) is 9.59 Å². The Morgan fingerprint density at radius 2 is 1.78 bits per heavy atom. The normalized spacial score (nSPS) is 26.9. The number of carbonyl (C=O) groups excluding carboxylic acids is 2. The van der Waals surface area contributed by atoms with Crippen molar-refractivity contribution >= 4 is 41.8 Å². The number of carbonyl (C=O) groups is 2. The molecule has 1 heterocycles. The van der Waals surface area contributed by atoms with Gasteiger partial charge in [0, 0.05) is 26.7 Å². The molecule has 1 aromatic carbocycles. The average molecular weight is 558 g/mol. The molecule has 5 unspecified atom stereocenters. The van der Waals surface area contributed by atoms with Gasteiger partial charge >= 0.3 is 0 Å². The molecule has 32 heavy (non-hydrogen) atoms. The molecule has 4 rings (SSSR count). The summed E-state index contributed by atoms with van der Waals surface area (Å²) >= 11 is 0. The fourth-order valence-electron chi connectivity index (χ4n) is 5.04. The molecule has 1 saturated carbocycles. The Kier molecular flexibility index (Phi) is 7.89. The number of benzene rings is 1. The van der Waals surface area contributed by atoms with Crippen molar-refractivity contribution in [2.75, 3.05) is 26.7 Å². The van der Waals surface area contributed by atoms with Gasteiger partial charge in [0.25, 0.3) is 0 Å². The lowest BCUT2D eigenvalue weighted by atomic mass is 9.85. The van der Waals surface area contributed by atoms with Crippen LogP contribution in [-0.4, -0.2) is 49.4 Å². The molecule has 2 bridgehead atoms. The highest BCUT2D eigenvalue weighted by molar-refractivity contribution is 14.0. The van der Waals surface area contributed by atoms with Crippen molar-refractivity contribution in [3.8, 4) is 0 Å². The lowest BCUT2D eigenvalue weighted by molar-refractivity contribution is -0.140. The van der Waals surface area contributed by atoms with Gasteiger partial charge in [-0.05, 0) is 48.3 Å². The van der Waals surface area contributed by atoms with Crippen LogP contribution >= 0.6 is 24.0 Å². The SMILES string of the molecule is CN=C(NCCCN1C(=O)C2C3C=CC(C3)C2C1=O)NCC(C)c1ccc(F)c(F)c1.I. The molecule has 0 spiro atoms. The van der Waals surface area contributed by atoms with Crippen molar-refractivity contribution in [2.45, 2.75) is 25.7 Å². The molecular formula is C23H29F2IN4O2. The minimum atomic E-state index is -0.858. The van der Waals surface area contributed by atoms with E-state index < -0.39 is 11.6 Å². The van der Waals surface area contributed by atoms with E-state index in [0.717, 1.165) is 12.5 Å². The molecule has 2 N–H and O–H groups in total. The standard InChI is InChI=1S/C23H28F2N4O2.HI/c1-13(14-6-7-17(24)18(25)11-14)12-28-23(26-2)27-8-3-9-29-21(30)19-15-4-5-16(10-15)20(19)22(29)31;/h4-7,11,13,15-16,19-20H,3,8-10,12H2,1-2H3,(H2,26,27,28);1H. The van der Waals surface area contributed by atoms with Crippen LogP contribution in [0.2, 0.25) is 0 Å². The first-order valence-corrected chi connectivity index (χ1v) is 10.8.